The number of urea groups is 1. The second kappa shape index (κ2) is 7.34. The second-order valence-corrected chi connectivity index (χ2v) is 7.85. The number of imidazole rings is 1. The van der Waals surface area contributed by atoms with E-state index in [-0.39, 0.29) is 35.1 Å². The highest BCUT2D eigenvalue weighted by molar-refractivity contribution is 5.95. The van der Waals surface area contributed by atoms with Crippen molar-refractivity contribution in [3.05, 3.63) is 47.3 Å². The van der Waals surface area contributed by atoms with Crippen molar-refractivity contribution in [1.29, 1.82) is 0 Å². The Morgan fingerprint density at radius 2 is 2.13 bits per heavy atom. The first-order valence-electron chi connectivity index (χ1n) is 9.68. The van der Waals surface area contributed by atoms with Gasteiger partial charge in [-0.2, -0.15) is 0 Å². The van der Waals surface area contributed by atoms with Gasteiger partial charge in [0.2, 0.25) is 0 Å². The zero-order chi connectivity index (χ0) is 22.4. The zero-order valence-corrected chi connectivity index (χ0v) is 16.9. The molecule has 2 aliphatic rings. The lowest BCUT2D eigenvalue weighted by atomic mass is 9.81. The van der Waals surface area contributed by atoms with Gasteiger partial charge in [0.1, 0.15) is 5.82 Å². The molecule has 1 aliphatic carbocycles. The van der Waals surface area contributed by atoms with Crippen LogP contribution in [0.25, 0.3) is 0 Å². The number of benzene rings is 1. The van der Waals surface area contributed by atoms with Crippen LogP contribution in [0.15, 0.2) is 24.5 Å². The molecule has 1 aromatic carbocycles. The molecule has 0 unspecified atom stereocenters. The smallest absolute Gasteiger partial charge is 0.320 e. The Morgan fingerprint density at radius 3 is 2.74 bits per heavy atom. The van der Waals surface area contributed by atoms with E-state index in [1.54, 1.807) is 0 Å². The summed E-state index contributed by atoms with van der Waals surface area (Å²) in [5.41, 5.74) is -2.45. The Hall–Kier alpha value is -3.48. The number of rotatable bonds is 4. The van der Waals surface area contributed by atoms with E-state index in [2.05, 4.69) is 32.4 Å². The molecular weight excluding hydrogens is 411 g/mol. The van der Waals surface area contributed by atoms with Gasteiger partial charge < -0.3 is 20.5 Å². The molecule has 31 heavy (non-hydrogen) atoms. The standard InChI is InChI=1S/C21H20F3N5O2/c1-20(23,24)21(6-5-12-3-4-12)14-10-15(22)13(9-16(14)27-19(31)28-21)11-29(2)18(30)17-25-7-8-26-17/h7-10,12H,3-4,11H2,1-2H3,(H,25,26)(H2,27,28,31)/t21-/m0/s1. The van der Waals surface area contributed by atoms with E-state index in [1.165, 1.54) is 30.4 Å². The highest BCUT2D eigenvalue weighted by Crippen LogP contribution is 2.44. The predicted octanol–water partition coefficient (Wildman–Crippen LogP) is 3.22. The molecule has 0 radical (unpaired) electrons. The lowest BCUT2D eigenvalue weighted by Crippen LogP contribution is -2.59. The largest absolute Gasteiger partial charge is 0.341 e. The third kappa shape index (κ3) is 3.83. The van der Waals surface area contributed by atoms with Crippen molar-refractivity contribution in [2.45, 2.75) is 37.8 Å². The Labute approximate surface area is 176 Å². The summed E-state index contributed by atoms with van der Waals surface area (Å²) in [5.74, 6) is 0.635. The van der Waals surface area contributed by atoms with Crippen molar-refractivity contribution in [2.75, 3.05) is 12.4 Å². The van der Waals surface area contributed by atoms with Crippen LogP contribution in [0.3, 0.4) is 0 Å². The van der Waals surface area contributed by atoms with Crippen molar-refractivity contribution in [3.8, 4) is 11.8 Å². The zero-order valence-electron chi connectivity index (χ0n) is 16.9. The van der Waals surface area contributed by atoms with Crippen LogP contribution in [-0.4, -0.2) is 39.8 Å². The second-order valence-electron chi connectivity index (χ2n) is 7.85. The van der Waals surface area contributed by atoms with Crippen molar-refractivity contribution in [1.82, 2.24) is 20.2 Å². The first-order chi connectivity index (χ1) is 14.6. The van der Waals surface area contributed by atoms with Gasteiger partial charge in [-0.25, -0.2) is 22.9 Å². The quantitative estimate of drug-likeness (QED) is 0.650. The van der Waals surface area contributed by atoms with Gasteiger partial charge in [-0.15, -0.1) is 0 Å². The molecule has 1 aliphatic heterocycles. The minimum atomic E-state index is -3.48. The van der Waals surface area contributed by atoms with Gasteiger partial charge >= 0.3 is 6.03 Å². The van der Waals surface area contributed by atoms with Crippen LogP contribution in [-0.2, 0) is 12.1 Å². The fourth-order valence-corrected chi connectivity index (χ4v) is 3.43. The number of halogens is 3. The number of aromatic nitrogens is 2. The van der Waals surface area contributed by atoms with E-state index < -0.39 is 29.2 Å². The molecule has 0 saturated heterocycles. The van der Waals surface area contributed by atoms with E-state index >= 15 is 0 Å². The van der Waals surface area contributed by atoms with Gasteiger partial charge in [0, 0.05) is 55.6 Å². The third-order valence-corrected chi connectivity index (χ3v) is 5.29. The summed E-state index contributed by atoms with van der Waals surface area (Å²) in [6, 6.07) is 1.34. The Balaban J connectivity index is 1.73. The van der Waals surface area contributed by atoms with E-state index in [1.807, 2.05) is 0 Å². The minimum Gasteiger partial charge on any atom is -0.341 e. The normalized spacial score (nSPS) is 20.1. The van der Waals surface area contributed by atoms with Crippen LogP contribution in [0.4, 0.5) is 23.7 Å². The molecule has 0 bridgehead atoms. The molecule has 2 aromatic rings. The third-order valence-electron chi connectivity index (χ3n) is 5.29. The number of hydrogen-bond donors (Lipinski definition) is 3. The Morgan fingerprint density at radius 1 is 1.39 bits per heavy atom. The minimum absolute atomic E-state index is 0.000143. The molecule has 0 spiro atoms. The van der Waals surface area contributed by atoms with Crippen molar-refractivity contribution in [3.63, 3.8) is 0 Å². The van der Waals surface area contributed by atoms with Crippen LogP contribution in [0.1, 0.15) is 41.5 Å². The average Bonchev–Trinajstić information content (AvgIpc) is 3.36. The van der Waals surface area contributed by atoms with E-state index in [4.69, 9.17) is 0 Å². The van der Waals surface area contributed by atoms with Crippen LogP contribution in [0.2, 0.25) is 0 Å². The summed E-state index contributed by atoms with van der Waals surface area (Å²) in [6.07, 6.45) is 4.51. The maximum absolute atomic E-state index is 15.0. The average molecular weight is 431 g/mol. The summed E-state index contributed by atoms with van der Waals surface area (Å²) in [7, 11) is 1.45. The molecule has 1 aromatic heterocycles. The topological polar surface area (TPSA) is 90.1 Å². The molecule has 1 fully saturated rings. The van der Waals surface area contributed by atoms with Crippen LogP contribution in [0.5, 0.6) is 0 Å². The molecular formula is C21H20F3N5O2. The lowest BCUT2D eigenvalue weighted by Gasteiger charge is -2.40. The molecule has 162 valence electrons. The number of nitrogens with zero attached hydrogens (tertiary/aromatic N) is 2. The lowest BCUT2D eigenvalue weighted by molar-refractivity contribution is -0.0465. The van der Waals surface area contributed by atoms with Gasteiger partial charge in [0.25, 0.3) is 11.8 Å². The molecule has 4 rings (SSSR count). The molecule has 1 atom stereocenters. The molecule has 2 heterocycles. The number of fused-ring (bicyclic) bond motifs is 1. The summed E-state index contributed by atoms with van der Waals surface area (Å²) in [4.78, 5) is 32.4. The molecule has 3 amide bonds. The fourth-order valence-electron chi connectivity index (χ4n) is 3.43. The number of carbonyl (C=O) groups excluding carboxylic acids is 2. The monoisotopic (exact) mass is 431 g/mol. The summed E-state index contributed by atoms with van der Waals surface area (Å²) in [6.45, 7) is 0.483. The molecule has 10 heteroatoms. The number of alkyl halides is 2. The predicted molar refractivity (Wildman–Crippen MR) is 106 cm³/mol. The van der Waals surface area contributed by atoms with Gasteiger partial charge in [0.15, 0.2) is 11.4 Å². The van der Waals surface area contributed by atoms with Gasteiger partial charge in [-0.1, -0.05) is 11.8 Å². The SMILES string of the molecule is CN(Cc1cc2c(cc1F)[C@@](C#CC1CC1)(C(C)(F)F)NC(=O)N2)C(=O)c1ncc[nH]1. The number of carbonyl (C=O) groups is 2. The highest BCUT2D eigenvalue weighted by Gasteiger charge is 2.55. The van der Waals surface area contributed by atoms with E-state index in [0.717, 1.165) is 18.9 Å². The maximum Gasteiger partial charge on any atom is 0.320 e. The first-order valence-corrected chi connectivity index (χ1v) is 9.68. The number of amides is 3. The first kappa shape index (κ1) is 20.8. The molecule has 1 saturated carbocycles. The van der Waals surface area contributed by atoms with Gasteiger partial charge in [-0.05, 0) is 25.0 Å². The van der Waals surface area contributed by atoms with Gasteiger partial charge in [-0.3, -0.25) is 4.79 Å². The number of nitrogens with one attached hydrogen (secondary N) is 3. The number of aromatic amines is 1. The Bertz CT molecular complexity index is 1100. The highest BCUT2D eigenvalue weighted by atomic mass is 19.3. The number of anilines is 1. The summed E-state index contributed by atoms with van der Waals surface area (Å²) < 4.78 is 44.5. The van der Waals surface area contributed by atoms with Gasteiger partial charge in [0.05, 0.1) is 0 Å². The Kier molecular flexibility index (Phi) is 4.92. The summed E-state index contributed by atoms with van der Waals surface area (Å²) >= 11 is 0. The fraction of sp³-hybridized carbons (Fsp3) is 0.381. The molecule has 7 nitrogen and oxygen atoms in total. The maximum atomic E-state index is 15.0. The summed E-state index contributed by atoms with van der Waals surface area (Å²) in [5, 5.41) is 4.66. The van der Waals surface area contributed by atoms with Crippen LogP contribution in [0, 0.1) is 23.6 Å². The molecule has 3 N–H and O–H groups in total. The van der Waals surface area contributed by atoms with Crippen LogP contribution >= 0.6 is 0 Å². The number of H-pyrrole nitrogens is 1. The number of hydrogen-bond acceptors (Lipinski definition) is 3. The van der Waals surface area contributed by atoms with E-state index in [0.29, 0.717) is 6.92 Å². The van der Waals surface area contributed by atoms with Crippen molar-refractivity contribution < 1.29 is 22.8 Å². The van der Waals surface area contributed by atoms with Crippen molar-refractivity contribution >= 4 is 17.6 Å². The van der Waals surface area contributed by atoms with Crippen LogP contribution < -0.4 is 10.6 Å². The van der Waals surface area contributed by atoms with Crippen molar-refractivity contribution in [2.24, 2.45) is 5.92 Å². The van der Waals surface area contributed by atoms with E-state index in [9.17, 15) is 22.8 Å².